The molecule has 3 nitrogen and oxygen atoms in total. The SMILES string of the molecule is CC1CC(N)CCN1Cc1ccc(F)c2cccnc12. The van der Waals surface area contributed by atoms with Gasteiger partial charge in [0.25, 0.3) is 0 Å². The molecule has 1 aliphatic rings. The van der Waals surface area contributed by atoms with Gasteiger partial charge in [-0.05, 0) is 43.5 Å². The van der Waals surface area contributed by atoms with E-state index in [-0.39, 0.29) is 5.82 Å². The molecule has 2 atom stereocenters. The van der Waals surface area contributed by atoms with Gasteiger partial charge in [-0.2, -0.15) is 0 Å². The third-order valence-corrected chi connectivity index (χ3v) is 4.23. The van der Waals surface area contributed by atoms with Crippen molar-refractivity contribution in [3.8, 4) is 0 Å². The maximum absolute atomic E-state index is 13.8. The maximum atomic E-state index is 13.8. The van der Waals surface area contributed by atoms with Crippen LogP contribution >= 0.6 is 0 Å². The van der Waals surface area contributed by atoms with Crippen molar-refractivity contribution in [2.75, 3.05) is 6.54 Å². The molecule has 20 heavy (non-hydrogen) atoms. The summed E-state index contributed by atoms with van der Waals surface area (Å²) >= 11 is 0. The summed E-state index contributed by atoms with van der Waals surface area (Å²) in [4.78, 5) is 6.76. The zero-order valence-electron chi connectivity index (χ0n) is 11.7. The van der Waals surface area contributed by atoms with Gasteiger partial charge in [0.15, 0.2) is 0 Å². The third kappa shape index (κ3) is 2.53. The molecule has 0 spiro atoms. The number of fused-ring (bicyclic) bond motifs is 1. The molecule has 0 radical (unpaired) electrons. The highest BCUT2D eigenvalue weighted by atomic mass is 19.1. The average molecular weight is 273 g/mol. The number of benzene rings is 1. The molecule has 0 bridgehead atoms. The first-order valence-corrected chi connectivity index (χ1v) is 7.17. The summed E-state index contributed by atoms with van der Waals surface area (Å²) in [5.41, 5.74) is 7.86. The largest absolute Gasteiger partial charge is 0.328 e. The van der Waals surface area contributed by atoms with Crippen LogP contribution in [0.3, 0.4) is 0 Å². The second kappa shape index (κ2) is 5.46. The fraction of sp³-hybridized carbons (Fsp3) is 0.438. The summed E-state index contributed by atoms with van der Waals surface area (Å²) in [5, 5.41) is 0.603. The molecular weight excluding hydrogens is 253 g/mol. The fourth-order valence-corrected chi connectivity index (χ4v) is 3.03. The summed E-state index contributed by atoms with van der Waals surface area (Å²) in [6.07, 6.45) is 3.77. The quantitative estimate of drug-likeness (QED) is 0.914. The van der Waals surface area contributed by atoms with Crippen molar-refractivity contribution in [1.82, 2.24) is 9.88 Å². The van der Waals surface area contributed by atoms with Crippen LogP contribution in [-0.4, -0.2) is 28.5 Å². The number of rotatable bonds is 2. The van der Waals surface area contributed by atoms with Gasteiger partial charge in [-0.15, -0.1) is 0 Å². The van der Waals surface area contributed by atoms with Crippen molar-refractivity contribution in [2.24, 2.45) is 5.73 Å². The van der Waals surface area contributed by atoms with Crippen LogP contribution in [-0.2, 0) is 6.54 Å². The lowest BCUT2D eigenvalue weighted by Crippen LogP contribution is -2.45. The highest BCUT2D eigenvalue weighted by molar-refractivity contribution is 5.82. The van der Waals surface area contributed by atoms with Gasteiger partial charge in [0.1, 0.15) is 5.82 Å². The lowest BCUT2D eigenvalue weighted by atomic mass is 9.98. The second-order valence-electron chi connectivity index (χ2n) is 5.71. The number of halogens is 1. The molecule has 1 aliphatic heterocycles. The smallest absolute Gasteiger partial charge is 0.132 e. The molecular formula is C16H20FN3. The summed E-state index contributed by atoms with van der Waals surface area (Å²) in [6, 6.07) is 7.73. The van der Waals surface area contributed by atoms with E-state index in [1.807, 2.05) is 6.07 Å². The number of hydrogen-bond acceptors (Lipinski definition) is 3. The summed E-state index contributed by atoms with van der Waals surface area (Å²) < 4.78 is 13.8. The van der Waals surface area contributed by atoms with E-state index in [0.717, 1.165) is 37.0 Å². The van der Waals surface area contributed by atoms with Crippen molar-refractivity contribution in [3.05, 3.63) is 41.8 Å². The Morgan fingerprint density at radius 3 is 3.05 bits per heavy atom. The van der Waals surface area contributed by atoms with Gasteiger partial charge in [0.05, 0.1) is 5.52 Å². The van der Waals surface area contributed by atoms with Crippen molar-refractivity contribution in [3.63, 3.8) is 0 Å². The van der Waals surface area contributed by atoms with Gasteiger partial charge in [-0.3, -0.25) is 9.88 Å². The number of hydrogen-bond donors (Lipinski definition) is 1. The van der Waals surface area contributed by atoms with Gasteiger partial charge in [-0.1, -0.05) is 6.07 Å². The highest BCUT2D eigenvalue weighted by Gasteiger charge is 2.23. The topological polar surface area (TPSA) is 42.1 Å². The Morgan fingerprint density at radius 2 is 2.25 bits per heavy atom. The summed E-state index contributed by atoms with van der Waals surface area (Å²) in [6.45, 7) is 4.01. The lowest BCUT2D eigenvalue weighted by molar-refractivity contribution is 0.140. The van der Waals surface area contributed by atoms with Crippen LogP contribution in [0.1, 0.15) is 25.3 Å². The Labute approximate surface area is 118 Å². The van der Waals surface area contributed by atoms with E-state index in [0.29, 0.717) is 17.5 Å². The molecule has 106 valence electrons. The molecule has 2 aromatic rings. The van der Waals surface area contributed by atoms with E-state index in [1.165, 1.54) is 0 Å². The number of pyridine rings is 1. The molecule has 1 aromatic heterocycles. The number of nitrogens with two attached hydrogens (primary N) is 1. The Kier molecular flexibility index (Phi) is 3.68. The zero-order chi connectivity index (χ0) is 14.1. The van der Waals surface area contributed by atoms with Crippen molar-refractivity contribution in [1.29, 1.82) is 0 Å². The van der Waals surface area contributed by atoms with Gasteiger partial charge in [0, 0.05) is 36.8 Å². The number of nitrogens with zero attached hydrogens (tertiary/aromatic N) is 2. The predicted octanol–water partition coefficient (Wildman–Crippen LogP) is 2.69. The molecule has 1 saturated heterocycles. The number of likely N-dealkylation sites (tertiary alicyclic amines) is 1. The van der Waals surface area contributed by atoms with Crippen LogP contribution in [0.5, 0.6) is 0 Å². The minimum atomic E-state index is -0.203. The maximum Gasteiger partial charge on any atom is 0.132 e. The molecule has 0 saturated carbocycles. The van der Waals surface area contributed by atoms with Gasteiger partial charge in [-0.25, -0.2) is 4.39 Å². The molecule has 3 rings (SSSR count). The minimum Gasteiger partial charge on any atom is -0.328 e. The Hall–Kier alpha value is -1.52. The van der Waals surface area contributed by atoms with Gasteiger partial charge in [0.2, 0.25) is 0 Å². The van der Waals surface area contributed by atoms with Crippen molar-refractivity contribution >= 4 is 10.9 Å². The van der Waals surface area contributed by atoms with Crippen LogP contribution in [0, 0.1) is 5.82 Å². The molecule has 0 amide bonds. The Bertz CT molecular complexity index is 614. The lowest BCUT2D eigenvalue weighted by Gasteiger charge is -2.36. The van der Waals surface area contributed by atoms with E-state index in [4.69, 9.17) is 5.73 Å². The van der Waals surface area contributed by atoms with E-state index >= 15 is 0 Å². The van der Waals surface area contributed by atoms with Crippen molar-refractivity contribution < 1.29 is 4.39 Å². The summed E-state index contributed by atoms with van der Waals surface area (Å²) in [7, 11) is 0. The molecule has 1 aromatic carbocycles. The first-order chi connectivity index (χ1) is 9.65. The summed E-state index contributed by atoms with van der Waals surface area (Å²) in [5.74, 6) is -0.203. The van der Waals surface area contributed by atoms with E-state index in [9.17, 15) is 4.39 Å². The predicted molar refractivity (Wildman–Crippen MR) is 78.8 cm³/mol. The Balaban J connectivity index is 1.90. The number of aromatic nitrogens is 1. The average Bonchev–Trinajstić information content (AvgIpc) is 2.45. The van der Waals surface area contributed by atoms with Crippen LogP contribution in [0.2, 0.25) is 0 Å². The van der Waals surface area contributed by atoms with Crippen LogP contribution in [0.4, 0.5) is 4.39 Å². The Morgan fingerprint density at radius 1 is 1.40 bits per heavy atom. The van der Waals surface area contributed by atoms with Crippen LogP contribution in [0.25, 0.3) is 10.9 Å². The fourth-order valence-electron chi connectivity index (χ4n) is 3.03. The van der Waals surface area contributed by atoms with E-state index < -0.39 is 0 Å². The standard InChI is InChI=1S/C16H20FN3/c1-11-9-13(18)6-8-20(11)10-12-4-5-15(17)14-3-2-7-19-16(12)14/h2-5,7,11,13H,6,8-10,18H2,1H3. The first kappa shape index (κ1) is 13.5. The van der Waals surface area contributed by atoms with Crippen LogP contribution in [0.15, 0.2) is 30.5 Å². The van der Waals surface area contributed by atoms with Gasteiger partial charge >= 0.3 is 0 Å². The molecule has 2 heterocycles. The molecule has 0 aliphatic carbocycles. The monoisotopic (exact) mass is 273 g/mol. The first-order valence-electron chi connectivity index (χ1n) is 7.17. The van der Waals surface area contributed by atoms with E-state index in [2.05, 4.69) is 16.8 Å². The molecule has 2 unspecified atom stereocenters. The van der Waals surface area contributed by atoms with Crippen molar-refractivity contribution in [2.45, 2.75) is 38.4 Å². The normalized spacial score (nSPS) is 24.1. The van der Waals surface area contributed by atoms with Crippen LogP contribution < -0.4 is 5.73 Å². The third-order valence-electron chi connectivity index (χ3n) is 4.23. The minimum absolute atomic E-state index is 0.203. The zero-order valence-corrected chi connectivity index (χ0v) is 11.7. The molecule has 2 N–H and O–H groups in total. The number of piperidine rings is 1. The van der Waals surface area contributed by atoms with Gasteiger partial charge < -0.3 is 5.73 Å². The second-order valence-corrected chi connectivity index (χ2v) is 5.71. The van der Waals surface area contributed by atoms with E-state index in [1.54, 1.807) is 24.4 Å². The molecule has 4 heteroatoms. The highest BCUT2D eigenvalue weighted by Crippen LogP contribution is 2.24. The molecule has 1 fully saturated rings.